The molecule has 3 saturated heterocycles. The normalized spacial score (nSPS) is 20.5. The van der Waals surface area contributed by atoms with E-state index in [0.717, 1.165) is 94.5 Å². The molecule has 340 valence electrons. The van der Waals surface area contributed by atoms with Gasteiger partial charge in [0.25, 0.3) is 0 Å². The lowest BCUT2D eigenvalue weighted by Gasteiger charge is -2.33. The van der Waals surface area contributed by atoms with Crippen molar-refractivity contribution in [1.29, 1.82) is 0 Å². The third-order valence-electron chi connectivity index (χ3n) is 12.8. The summed E-state index contributed by atoms with van der Waals surface area (Å²) in [6.45, 7) is 12.9. The summed E-state index contributed by atoms with van der Waals surface area (Å²) in [5.74, 6) is 1.76. The average molecular weight is 944 g/mol. The number of aromatic nitrogens is 4. The van der Waals surface area contributed by atoms with E-state index >= 15 is 0 Å². The minimum atomic E-state index is -0.684. The molecule has 8 rings (SSSR count). The summed E-state index contributed by atoms with van der Waals surface area (Å²) in [4.78, 5) is 60.4. The molecule has 5 heterocycles. The highest BCUT2D eigenvalue weighted by Crippen LogP contribution is 2.48. The van der Waals surface area contributed by atoms with Gasteiger partial charge in [-0.15, -0.1) is 0 Å². The van der Waals surface area contributed by atoms with Crippen LogP contribution in [0, 0.1) is 23.2 Å². The van der Waals surface area contributed by atoms with E-state index < -0.39 is 12.1 Å². The van der Waals surface area contributed by atoms with Crippen LogP contribution in [-0.2, 0) is 19.1 Å². The van der Waals surface area contributed by atoms with Gasteiger partial charge in [-0.1, -0.05) is 77.1 Å². The minimum absolute atomic E-state index is 0. The van der Waals surface area contributed by atoms with Crippen LogP contribution in [0.1, 0.15) is 90.5 Å². The molecule has 2 aromatic heterocycles. The van der Waals surface area contributed by atoms with Crippen molar-refractivity contribution < 1.29 is 23.9 Å². The van der Waals surface area contributed by atoms with E-state index in [4.69, 9.17) is 19.4 Å². The van der Waals surface area contributed by atoms with Gasteiger partial charge in [-0.25, -0.2) is 14.8 Å². The largest absolute Gasteiger partial charge is 0.453 e. The number of hydrogen-bond donors (Lipinski definition) is 3. The predicted molar refractivity (Wildman–Crippen MR) is 272 cm³/mol. The van der Waals surface area contributed by atoms with Crippen molar-refractivity contribution in [2.75, 3.05) is 33.4 Å². The molecule has 0 aliphatic carbocycles. The Morgan fingerprint density at radius 3 is 2.19 bits per heavy atom. The number of imidazole rings is 2. The van der Waals surface area contributed by atoms with Crippen LogP contribution in [0.2, 0.25) is 0 Å². The first-order valence-corrected chi connectivity index (χ1v) is 20.6. The molecule has 12 nitrogen and oxygen atoms in total. The molecule has 3 aromatic carbocycles. The van der Waals surface area contributed by atoms with Gasteiger partial charge in [0.15, 0.2) is 0 Å². The second kappa shape index (κ2) is 21.9. The maximum atomic E-state index is 13.8. The summed E-state index contributed by atoms with van der Waals surface area (Å²) in [7, 11) is 1.30. The molecule has 0 bridgehead atoms. The number of H-pyrrole nitrogens is 2. The standard InChI is InChI=1S/C45H55N7O5.5H2S/c1-26(2)28(5)42(53)52-24-45(18-8-20-57-25-45)22-37(52)40-46-23-35(48-40)30-12-10-29(11-13-30)31-14-16-33-32(21-31)15-17-34-39(33)49-41(47-34)36-9-7-19-51(36)43(54)38(27(3)4)50-44(55)56-6;;;;;/h10-17,21,23,26-28,36-38H,7-9,18-20,22,24-25H2,1-6H3,(H,46,48)(H,47,49)(H,50,55);5*1H2/t28-,36-,37-,38-,45-;;;;;/m0...../s1. The summed E-state index contributed by atoms with van der Waals surface area (Å²) in [6, 6.07) is 18.1. The van der Waals surface area contributed by atoms with Gasteiger partial charge in [0.05, 0.1) is 48.7 Å². The first-order valence-electron chi connectivity index (χ1n) is 20.6. The molecule has 3 aliphatic rings. The summed E-state index contributed by atoms with van der Waals surface area (Å²) in [5.41, 5.74) is 5.93. The lowest BCUT2D eigenvalue weighted by molar-refractivity contribution is -0.138. The average Bonchev–Trinajstić information content (AvgIpc) is 4.05. The van der Waals surface area contributed by atoms with Gasteiger partial charge in [0.1, 0.15) is 17.7 Å². The lowest BCUT2D eigenvalue weighted by Crippen LogP contribution is -2.51. The fourth-order valence-electron chi connectivity index (χ4n) is 9.12. The van der Waals surface area contributed by atoms with Crippen LogP contribution in [0.4, 0.5) is 4.79 Å². The molecule has 1 spiro atoms. The smallest absolute Gasteiger partial charge is 0.407 e. The van der Waals surface area contributed by atoms with Gasteiger partial charge >= 0.3 is 6.09 Å². The van der Waals surface area contributed by atoms with Crippen LogP contribution in [0.15, 0.2) is 60.8 Å². The maximum Gasteiger partial charge on any atom is 0.407 e. The van der Waals surface area contributed by atoms with Crippen LogP contribution in [0.5, 0.6) is 0 Å². The van der Waals surface area contributed by atoms with Crippen molar-refractivity contribution in [3.05, 3.63) is 72.4 Å². The molecule has 0 unspecified atom stereocenters. The Labute approximate surface area is 400 Å². The van der Waals surface area contributed by atoms with E-state index in [0.29, 0.717) is 19.7 Å². The monoisotopic (exact) mass is 943 g/mol. The van der Waals surface area contributed by atoms with Crippen LogP contribution < -0.4 is 5.32 Å². The fourth-order valence-corrected chi connectivity index (χ4v) is 9.12. The highest BCUT2D eigenvalue weighted by molar-refractivity contribution is 7.60. The number of nitrogens with one attached hydrogen (secondary N) is 3. The Bertz CT molecular complexity index is 2300. The Morgan fingerprint density at radius 1 is 0.823 bits per heavy atom. The molecular weight excluding hydrogens is 879 g/mol. The van der Waals surface area contributed by atoms with Gasteiger partial charge in [-0.05, 0) is 78.1 Å². The summed E-state index contributed by atoms with van der Waals surface area (Å²) in [5, 5.41) is 4.83. The quantitative estimate of drug-likeness (QED) is 0.134. The van der Waals surface area contributed by atoms with E-state index in [-0.39, 0.29) is 115 Å². The Morgan fingerprint density at radius 2 is 1.53 bits per heavy atom. The molecular formula is C45H65N7O5S5. The summed E-state index contributed by atoms with van der Waals surface area (Å²) in [6.07, 6.45) is 5.88. The maximum absolute atomic E-state index is 13.8. The van der Waals surface area contributed by atoms with Gasteiger partial charge < -0.3 is 34.6 Å². The number of fused-ring (bicyclic) bond motifs is 3. The number of aromatic amines is 2. The number of amides is 3. The van der Waals surface area contributed by atoms with Crippen LogP contribution in [0.25, 0.3) is 44.2 Å². The number of likely N-dealkylation sites (tertiary alicyclic amines) is 2. The number of carbonyl (C=O) groups excluding carboxylic acids is 3. The van der Waals surface area contributed by atoms with E-state index in [1.807, 2.05) is 31.9 Å². The SMILES string of the molecule is COC(=O)N[C@H](C(=O)N1CCC[C@H]1c1nc2c(ccc3cc(-c4ccc(-c5cnc([C@@H]6C[C@@]7(CCCOC7)CN6C(=O)[C@@H](C)C(C)C)[nH]5)cc4)ccc32)[nH]1)C(C)C.S.S.S.S.S. The number of methoxy groups -OCH3 is 1. The van der Waals surface area contributed by atoms with Crippen molar-refractivity contribution in [3.63, 3.8) is 0 Å². The number of nitrogens with zero attached hydrogens (tertiary/aromatic N) is 4. The number of rotatable bonds is 9. The number of carbonyl (C=O) groups is 3. The van der Waals surface area contributed by atoms with E-state index in [1.54, 1.807) is 0 Å². The molecule has 62 heavy (non-hydrogen) atoms. The van der Waals surface area contributed by atoms with Crippen LogP contribution in [-0.4, -0.2) is 87.1 Å². The molecule has 3 aliphatic heterocycles. The van der Waals surface area contributed by atoms with Crippen molar-refractivity contribution in [2.45, 2.75) is 84.8 Å². The number of hydrogen-bond acceptors (Lipinski definition) is 7. The van der Waals surface area contributed by atoms with Gasteiger partial charge in [-0.3, -0.25) is 9.59 Å². The zero-order valence-corrected chi connectivity index (χ0v) is 41.4. The zero-order chi connectivity index (χ0) is 40.0. The summed E-state index contributed by atoms with van der Waals surface area (Å²) < 4.78 is 10.7. The highest BCUT2D eigenvalue weighted by atomic mass is 32.1. The second-order valence-corrected chi connectivity index (χ2v) is 17.2. The molecule has 0 radical (unpaired) electrons. The highest BCUT2D eigenvalue weighted by Gasteiger charge is 2.49. The molecule has 5 aromatic rings. The third kappa shape index (κ3) is 10.4. The first-order chi connectivity index (χ1) is 27.4. The molecule has 5 atom stereocenters. The van der Waals surface area contributed by atoms with E-state index in [1.165, 1.54) is 7.11 Å². The minimum Gasteiger partial charge on any atom is -0.453 e. The lowest BCUT2D eigenvalue weighted by atomic mass is 9.80. The van der Waals surface area contributed by atoms with Gasteiger partial charge in [0, 0.05) is 36.4 Å². The first kappa shape index (κ1) is 52.9. The number of alkyl carbamates (subject to hydrolysis) is 1. The Hall–Kier alpha value is -3.48. The topological polar surface area (TPSA) is 146 Å². The van der Waals surface area contributed by atoms with Crippen molar-refractivity contribution >= 4 is 107 Å². The third-order valence-corrected chi connectivity index (χ3v) is 12.8. The summed E-state index contributed by atoms with van der Waals surface area (Å²) >= 11 is 0. The van der Waals surface area contributed by atoms with Crippen molar-refractivity contribution in [1.82, 2.24) is 35.1 Å². The van der Waals surface area contributed by atoms with E-state index in [2.05, 4.69) is 88.6 Å². The molecule has 3 amide bonds. The fraction of sp³-hybridized carbons (Fsp3) is 0.489. The van der Waals surface area contributed by atoms with Crippen molar-refractivity contribution in [2.24, 2.45) is 23.2 Å². The van der Waals surface area contributed by atoms with Crippen LogP contribution in [0.3, 0.4) is 0 Å². The van der Waals surface area contributed by atoms with Crippen LogP contribution >= 0.6 is 67.5 Å². The Kier molecular flexibility index (Phi) is 18.7. The molecule has 0 saturated carbocycles. The van der Waals surface area contributed by atoms with E-state index in [9.17, 15) is 14.4 Å². The second-order valence-electron chi connectivity index (χ2n) is 17.2. The predicted octanol–water partition coefficient (Wildman–Crippen LogP) is 8.74. The number of benzene rings is 3. The molecule has 17 heteroatoms. The van der Waals surface area contributed by atoms with Crippen molar-refractivity contribution in [3.8, 4) is 22.4 Å². The Balaban J connectivity index is 0.00000205. The van der Waals surface area contributed by atoms with Gasteiger partial charge in [0.2, 0.25) is 11.8 Å². The number of ether oxygens (including phenoxy) is 2. The van der Waals surface area contributed by atoms with Gasteiger partial charge in [-0.2, -0.15) is 67.5 Å². The molecule has 3 fully saturated rings. The molecule has 3 N–H and O–H groups in total. The zero-order valence-electron chi connectivity index (χ0n) is 36.4.